The molecular formula is C7H16N2O3S. The third-order valence-electron chi connectivity index (χ3n) is 2.17. The molecule has 1 atom stereocenters. The molecule has 0 saturated carbocycles. The minimum atomic E-state index is -3.36. The molecule has 0 amide bonds. The van der Waals surface area contributed by atoms with Crippen LogP contribution in [0.25, 0.3) is 0 Å². The molecule has 0 bridgehead atoms. The Hall–Kier alpha value is -0.170. The Morgan fingerprint density at radius 3 is 2.77 bits per heavy atom. The maximum absolute atomic E-state index is 10.6. The Morgan fingerprint density at radius 2 is 2.23 bits per heavy atom. The molecule has 1 unspecified atom stereocenters. The molecule has 0 radical (unpaired) electrons. The summed E-state index contributed by atoms with van der Waals surface area (Å²) in [6.45, 7) is 1.85. The van der Waals surface area contributed by atoms with E-state index in [-0.39, 0.29) is 11.9 Å². The molecule has 1 heterocycles. The summed E-state index contributed by atoms with van der Waals surface area (Å²) in [6.07, 6.45) is 1.42. The molecule has 78 valence electrons. The number of piperidine rings is 1. The van der Waals surface area contributed by atoms with Crippen LogP contribution in [0.1, 0.15) is 12.8 Å². The quantitative estimate of drug-likeness (QED) is 0.606. The van der Waals surface area contributed by atoms with Crippen LogP contribution in [-0.2, 0) is 10.0 Å². The van der Waals surface area contributed by atoms with E-state index in [0.717, 1.165) is 19.4 Å². The summed E-state index contributed by atoms with van der Waals surface area (Å²) < 4.78 is 21.3. The monoisotopic (exact) mass is 208 g/mol. The normalized spacial score (nSPS) is 26.2. The van der Waals surface area contributed by atoms with Gasteiger partial charge in [-0.15, -0.1) is 0 Å². The number of nitrogens with two attached hydrogens (primary N) is 1. The minimum Gasteiger partial charge on any atom is -0.392 e. The predicted octanol–water partition coefficient (Wildman–Crippen LogP) is -1.27. The molecule has 13 heavy (non-hydrogen) atoms. The number of hydrogen-bond donors (Lipinski definition) is 2. The van der Waals surface area contributed by atoms with Gasteiger partial charge in [-0.1, -0.05) is 0 Å². The van der Waals surface area contributed by atoms with Crippen LogP contribution in [0.5, 0.6) is 0 Å². The van der Waals surface area contributed by atoms with Crippen LogP contribution >= 0.6 is 0 Å². The van der Waals surface area contributed by atoms with Gasteiger partial charge in [0, 0.05) is 13.1 Å². The lowest BCUT2D eigenvalue weighted by Crippen LogP contribution is -2.41. The van der Waals surface area contributed by atoms with E-state index in [1.165, 1.54) is 0 Å². The van der Waals surface area contributed by atoms with Gasteiger partial charge in [0.1, 0.15) is 0 Å². The highest BCUT2D eigenvalue weighted by Gasteiger charge is 2.18. The van der Waals surface area contributed by atoms with Crippen molar-refractivity contribution in [1.82, 2.24) is 4.90 Å². The number of aliphatic hydroxyl groups excluding tert-OH is 1. The molecular weight excluding hydrogens is 192 g/mol. The standard InChI is InChI=1S/C7H16N2O3S/c8-13(11,12)5-4-9-3-1-2-7(10)6-9/h7,10H,1-6H2,(H2,8,11,12). The van der Waals surface area contributed by atoms with E-state index in [1.807, 2.05) is 4.90 Å². The van der Waals surface area contributed by atoms with Crippen molar-refractivity contribution in [3.63, 3.8) is 0 Å². The van der Waals surface area contributed by atoms with Crippen molar-refractivity contribution >= 4 is 10.0 Å². The van der Waals surface area contributed by atoms with Crippen LogP contribution in [0.2, 0.25) is 0 Å². The molecule has 1 rings (SSSR count). The molecule has 0 aromatic rings. The summed E-state index contributed by atoms with van der Waals surface area (Å²) in [5.74, 6) is -0.0281. The van der Waals surface area contributed by atoms with E-state index in [0.29, 0.717) is 13.1 Å². The Balaban J connectivity index is 2.29. The number of β-amino-alcohol motifs (C(OH)–C–C–N with tert-alkyl or cyclic N) is 1. The fraction of sp³-hybridized carbons (Fsp3) is 1.00. The first kappa shape index (κ1) is 10.9. The van der Waals surface area contributed by atoms with E-state index in [2.05, 4.69) is 0 Å². The van der Waals surface area contributed by atoms with Crippen LogP contribution in [-0.4, -0.2) is 49.9 Å². The largest absolute Gasteiger partial charge is 0.392 e. The Morgan fingerprint density at radius 1 is 1.54 bits per heavy atom. The van der Waals surface area contributed by atoms with Crippen molar-refractivity contribution in [3.8, 4) is 0 Å². The Labute approximate surface area is 78.6 Å². The zero-order valence-electron chi connectivity index (χ0n) is 7.52. The molecule has 1 saturated heterocycles. The number of sulfonamides is 1. The second kappa shape index (κ2) is 4.36. The maximum Gasteiger partial charge on any atom is 0.210 e. The van der Waals surface area contributed by atoms with E-state index in [4.69, 9.17) is 5.14 Å². The first-order valence-corrected chi connectivity index (χ1v) is 6.10. The number of likely N-dealkylation sites (tertiary alicyclic amines) is 1. The number of rotatable bonds is 3. The van der Waals surface area contributed by atoms with Gasteiger partial charge >= 0.3 is 0 Å². The molecule has 0 aromatic carbocycles. The van der Waals surface area contributed by atoms with Gasteiger partial charge in [0.05, 0.1) is 11.9 Å². The molecule has 1 aliphatic heterocycles. The summed E-state index contributed by atoms with van der Waals surface area (Å²) >= 11 is 0. The number of primary sulfonamides is 1. The second-order valence-electron chi connectivity index (χ2n) is 3.46. The lowest BCUT2D eigenvalue weighted by molar-refractivity contribution is 0.0741. The number of nitrogens with zero attached hydrogens (tertiary/aromatic N) is 1. The van der Waals surface area contributed by atoms with Gasteiger partial charge < -0.3 is 5.11 Å². The highest BCUT2D eigenvalue weighted by Crippen LogP contribution is 2.08. The topological polar surface area (TPSA) is 83.6 Å². The summed E-state index contributed by atoms with van der Waals surface area (Å²) in [5.41, 5.74) is 0. The minimum absolute atomic E-state index is 0.0281. The van der Waals surface area contributed by atoms with Gasteiger partial charge in [0.15, 0.2) is 0 Å². The summed E-state index contributed by atoms with van der Waals surface area (Å²) in [5, 5.41) is 14.2. The van der Waals surface area contributed by atoms with Crippen molar-refractivity contribution < 1.29 is 13.5 Å². The Kier molecular flexibility index (Phi) is 3.66. The first-order chi connectivity index (χ1) is 5.97. The predicted molar refractivity (Wildman–Crippen MR) is 49.7 cm³/mol. The molecule has 1 fully saturated rings. The van der Waals surface area contributed by atoms with Crippen LogP contribution < -0.4 is 5.14 Å². The van der Waals surface area contributed by atoms with Gasteiger partial charge in [0.2, 0.25) is 10.0 Å². The number of aliphatic hydroxyl groups is 1. The average Bonchev–Trinajstić information content (AvgIpc) is 2.00. The number of hydrogen-bond acceptors (Lipinski definition) is 4. The lowest BCUT2D eigenvalue weighted by Gasteiger charge is -2.29. The van der Waals surface area contributed by atoms with Crippen LogP contribution in [0, 0.1) is 0 Å². The SMILES string of the molecule is NS(=O)(=O)CCN1CCCC(O)C1. The van der Waals surface area contributed by atoms with E-state index < -0.39 is 10.0 Å². The van der Waals surface area contributed by atoms with E-state index in [1.54, 1.807) is 0 Å². The average molecular weight is 208 g/mol. The van der Waals surface area contributed by atoms with E-state index in [9.17, 15) is 13.5 Å². The third-order valence-corrected chi connectivity index (χ3v) is 2.92. The van der Waals surface area contributed by atoms with Crippen LogP contribution in [0.4, 0.5) is 0 Å². The summed E-state index contributed by atoms with van der Waals surface area (Å²) in [4.78, 5) is 1.93. The summed E-state index contributed by atoms with van der Waals surface area (Å²) in [6, 6.07) is 0. The van der Waals surface area contributed by atoms with Crippen molar-refractivity contribution in [2.45, 2.75) is 18.9 Å². The fourth-order valence-electron chi connectivity index (χ4n) is 1.49. The molecule has 3 N–H and O–H groups in total. The molecule has 5 nitrogen and oxygen atoms in total. The fourth-order valence-corrected chi connectivity index (χ4v) is 2.00. The van der Waals surface area contributed by atoms with Crippen molar-refractivity contribution in [1.29, 1.82) is 0 Å². The first-order valence-electron chi connectivity index (χ1n) is 4.38. The van der Waals surface area contributed by atoms with Gasteiger partial charge in [-0.2, -0.15) is 0 Å². The highest BCUT2D eigenvalue weighted by molar-refractivity contribution is 7.89. The van der Waals surface area contributed by atoms with Crippen LogP contribution in [0.15, 0.2) is 0 Å². The molecule has 0 spiro atoms. The van der Waals surface area contributed by atoms with Crippen LogP contribution in [0.3, 0.4) is 0 Å². The molecule has 0 aromatic heterocycles. The molecule has 6 heteroatoms. The lowest BCUT2D eigenvalue weighted by atomic mass is 10.1. The zero-order valence-corrected chi connectivity index (χ0v) is 8.33. The van der Waals surface area contributed by atoms with Gasteiger partial charge in [0.25, 0.3) is 0 Å². The third kappa shape index (κ3) is 4.56. The van der Waals surface area contributed by atoms with Crippen molar-refractivity contribution in [2.75, 3.05) is 25.4 Å². The van der Waals surface area contributed by atoms with Crippen molar-refractivity contribution in [2.24, 2.45) is 5.14 Å². The van der Waals surface area contributed by atoms with Gasteiger partial charge in [-0.25, -0.2) is 13.6 Å². The highest BCUT2D eigenvalue weighted by atomic mass is 32.2. The van der Waals surface area contributed by atoms with Gasteiger partial charge in [-0.05, 0) is 19.4 Å². The second-order valence-corrected chi connectivity index (χ2v) is 5.20. The van der Waals surface area contributed by atoms with Gasteiger partial charge in [-0.3, -0.25) is 4.90 Å². The van der Waals surface area contributed by atoms with E-state index >= 15 is 0 Å². The maximum atomic E-state index is 10.6. The molecule has 1 aliphatic rings. The Bertz CT molecular complexity index is 252. The summed E-state index contributed by atoms with van der Waals surface area (Å²) in [7, 11) is -3.36. The zero-order chi connectivity index (χ0) is 9.90. The van der Waals surface area contributed by atoms with Crippen molar-refractivity contribution in [3.05, 3.63) is 0 Å². The smallest absolute Gasteiger partial charge is 0.210 e. The molecule has 0 aliphatic carbocycles.